The molecule has 0 bridgehead atoms. The Hall–Kier alpha value is 0. The second-order valence-corrected chi connectivity index (χ2v) is 4.96. The van der Waals surface area contributed by atoms with Crippen LogP contribution in [0.5, 0.6) is 0 Å². The third kappa shape index (κ3) is 1.77. The Bertz CT molecular complexity index is 116. The van der Waals surface area contributed by atoms with Crippen LogP contribution in [0.2, 0.25) is 0 Å². The standard InChI is InChI=1S/C11H22/c1-9(2)11(3,4)10-7-5-6-8-10/h9-10H,5-8H2,1-4H3. The van der Waals surface area contributed by atoms with Gasteiger partial charge in [0, 0.05) is 0 Å². The van der Waals surface area contributed by atoms with Gasteiger partial charge in [-0.15, -0.1) is 0 Å². The second-order valence-electron chi connectivity index (χ2n) is 4.96. The summed E-state index contributed by atoms with van der Waals surface area (Å²) in [5, 5.41) is 0. The molecule has 1 fully saturated rings. The fourth-order valence-corrected chi connectivity index (χ4v) is 2.14. The van der Waals surface area contributed by atoms with E-state index in [4.69, 9.17) is 0 Å². The molecule has 0 heteroatoms. The van der Waals surface area contributed by atoms with Gasteiger partial charge < -0.3 is 0 Å². The lowest BCUT2D eigenvalue weighted by atomic mass is 9.70. The topological polar surface area (TPSA) is 0 Å². The third-order valence-electron chi connectivity index (χ3n) is 3.90. The fourth-order valence-electron chi connectivity index (χ4n) is 2.14. The average Bonchev–Trinajstić information content (AvgIpc) is 2.37. The molecule has 11 heavy (non-hydrogen) atoms. The number of hydrogen-bond acceptors (Lipinski definition) is 0. The van der Waals surface area contributed by atoms with E-state index in [1.165, 1.54) is 25.7 Å². The zero-order chi connectivity index (χ0) is 8.48. The molecule has 0 saturated heterocycles. The van der Waals surface area contributed by atoms with E-state index in [1.807, 2.05) is 0 Å². The highest BCUT2D eigenvalue weighted by Gasteiger charge is 2.33. The van der Waals surface area contributed by atoms with Crippen LogP contribution in [0, 0.1) is 17.3 Å². The molecular weight excluding hydrogens is 132 g/mol. The van der Waals surface area contributed by atoms with Crippen LogP contribution in [0.1, 0.15) is 53.4 Å². The van der Waals surface area contributed by atoms with Crippen LogP contribution in [-0.4, -0.2) is 0 Å². The summed E-state index contributed by atoms with van der Waals surface area (Å²) in [5.41, 5.74) is 0.580. The normalized spacial score (nSPS) is 21.5. The molecule has 0 aliphatic heterocycles. The summed E-state index contributed by atoms with van der Waals surface area (Å²) in [7, 11) is 0. The van der Waals surface area contributed by atoms with Gasteiger partial charge in [0.15, 0.2) is 0 Å². The van der Waals surface area contributed by atoms with Crippen LogP contribution in [0.15, 0.2) is 0 Å². The first-order valence-corrected chi connectivity index (χ1v) is 5.05. The minimum atomic E-state index is 0.580. The molecule has 1 rings (SSSR count). The summed E-state index contributed by atoms with van der Waals surface area (Å²) < 4.78 is 0. The Morgan fingerprint density at radius 2 is 1.55 bits per heavy atom. The van der Waals surface area contributed by atoms with Gasteiger partial charge in [-0.2, -0.15) is 0 Å². The molecule has 0 N–H and O–H groups in total. The molecular formula is C11H22. The Morgan fingerprint density at radius 1 is 1.09 bits per heavy atom. The maximum Gasteiger partial charge on any atom is -0.0303 e. The van der Waals surface area contributed by atoms with Gasteiger partial charge in [0.05, 0.1) is 0 Å². The van der Waals surface area contributed by atoms with Crippen molar-refractivity contribution >= 4 is 0 Å². The molecule has 0 amide bonds. The van der Waals surface area contributed by atoms with Gasteiger partial charge in [-0.1, -0.05) is 40.5 Å². The van der Waals surface area contributed by atoms with Crippen LogP contribution >= 0.6 is 0 Å². The summed E-state index contributed by atoms with van der Waals surface area (Å²) in [4.78, 5) is 0. The van der Waals surface area contributed by atoms with Gasteiger partial charge in [-0.3, -0.25) is 0 Å². The van der Waals surface area contributed by atoms with E-state index < -0.39 is 0 Å². The highest BCUT2D eigenvalue weighted by molar-refractivity contribution is 4.84. The van der Waals surface area contributed by atoms with Crippen molar-refractivity contribution in [2.24, 2.45) is 17.3 Å². The molecule has 0 aromatic rings. The first kappa shape index (κ1) is 9.09. The first-order chi connectivity index (χ1) is 5.05. The predicted molar refractivity (Wildman–Crippen MR) is 50.6 cm³/mol. The monoisotopic (exact) mass is 154 g/mol. The maximum absolute atomic E-state index is 2.44. The maximum atomic E-state index is 2.44. The summed E-state index contributed by atoms with van der Waals surface area (Å²) >= 11 is 0. The first-order valence-electron chi connectivity index (χ1n) is 5.05. The van der Waals surface area contributed by atoms with Crippen LogP contribution in [0.3, 0.4) is 0 Å². The third-order valence-corrected chi connectivity index (χ3v) is 3.90. The highest BCUT2D eigenvalue weighted by Crippen LogP contribution is 2.43. The molecule has 0 aromatic carbocycles. The van der Waals surface area contributed by atoms with Gasteiger partial charge in [-0.05, 0) is 30.1 Å². The van der Waals surface area contributed by atoms with E-state index in [9.17, 15) is 0 Å². The fraction of sp³-hybridized carbons (Fsp3) is 1.00. The molecule has 1 aliphatic rings. The van der Waals surface area contributed by atoms with Gasteiger partial charge >= 0.3 is 0 Å². The van der Waals surface area contributed by atoms with E-state index >= 15 is 0 Å². The lowest BCUT2D eigenvalue weighted by Gasteiger charge is -2.35. The van der Waals surface area contributed by atoms with Gasteiger partial charge in [0.2, 0.25) is 0 Å². The number of hydrogen-bond donors (Lipinski definition) is 0. The molecule has 1 aliphatic carbocycles. The van der Waals surface area contributed by atoms with Crippen molar-refractivity contribution in [1.82, 2.24) is 0 Å². The molecule has 0 aromatic heterocycles. The second kappa shape index (κ2) is 3.16. The van der Waals surface area contributed by atoms with E-state index in [1.54, 1.807) is 0 Å². The van der Waals surface area contributed by atoms with Crippen molar-refractivity contribution in [2.75, 3.05) is 0 Å². The summed E-state index contributed by atoms with van der Waals surface area (Å²) in [6, 6.07) is 0. The Kier molecular flexibility index (Phi) is 2.61. The van der Waals surface area contributed by atoms with Crippen LogP contribution < -0.4 is 0 Å². The largest absolute Gasteiger partial charge is 0.0623 e. The zero-order valence-electron chi connectivity index (χ0n) is 8.48. The summed E-state index contributed by atoms with van der Waals surface area (Å²) in [6.45, 7) is 9.60. The van der Waals surface area contributed by atoms with E-state index in [-0.39, 0.29) is 0 Å². The quantitative estimate of drug-likeness (QED) is 0.566. The average molecular weight is 154 g/mol. The van der Waals surface area contributed by atoms with Crippen molar-refractivity contribution in [3.63, 3.8) is 0 Å². The molecule has 66 valence electrons. The molecule has 0 heterocycles. The van der Waals surface area contributed by atoms with E-state index in [0.717, 1.165) is 11.8 Å². The molecule has 0 nitrogen and oxygen atoms in total. The van der Waals surface area contributed by atoms with Crippen LogP contribution in [0.25, 0.3) is 0 Å². The molecule has 0 atom stereocenters. The molecule has 1 saturated carbocycles. The lowest BCUT2D eigenvalue weighted by molar-refractivity contribution is 0.142. The van der Waals surface area contributed by atoms with Gasteiger partial charge in [0.25, 0.3) is 0 Å². The zero-order valence-corrected chi connectivity index (χ0v) is 8.48. The lowest BCUT2D eigenvalue weighted by Crippen LogP contribution is -2.27. The Balaban J connectivity index is 2.55. The molecule has 0 spiro atoms. The highest BCUT2D eigenvalue weighted by atomic mass is 14.4. The SMILES string of the molecule is CC(C)C(C)(C)C1CCCC1. The Labute approximate surface area is 71.4 Å². The van der Waals surface area contributed by atoms with Crippen molar-refractivity contribution in [3.8, 4) is 0 Å². The minimum absolute atomic E-state index is 0.580. The minimum Gasteiger partial charge on any atom is -0.0623 e. The van der Waals surface area contributed by atoms with Crippen LogP contribution in [-0.2, 0) is 0 Å². The predicted octanol–water partition coefficient (Wildman–Crippen LogP) is 3.86. The van der Waals surface area contributed by atoms with E-state index in [0.29, 0.717) is 5.41 Å². The van der Waals surface area contributed by atoms with Gasteiger partial charge in [-0.25, -0.2) is 0 Å². The van der Waals surface area contributed by atoms with Crippen molar-refractivity contribution < 1.29 is 0 Å². The Morgan fingerprint density at radius 3 is 1.91 bits per heavy atom. The van der Waals surface area contributed by atoms with Crippen molar-refractivity contribution in [2.45, 2.75) is 53.4 Å². The van der Waals surface area contributed by atoms with E-state index in [2.05, 4.69) is 27.7 Å². The smallest absolute Gasteiger partial charge is 0.0303 e. The molecule has 0 unspecified atom stereocenters. The van der Waals surface area contributed by atoms with Gasteiger partial charge in [0.1, 0.15) is 0 Å². The molecule has 0 radical (unpaired) electrons. The summed E-state index contributed by atoms with van der Waals surface area (Å²) in [5.74, 6) is 1.84. The van der Waals surface area contributed by atoms with Crippen molar-refractivity contribution in [1.29, 1.82) is 0 Å². The summed E-state index contributed by atoms with van der Waals surface area (Å²) in [6.07, 6.45) is 5.90. The van der Waals surface area contributed by atoms with Crippen molar-refractivity contribution in [3.05, 3.63) is 0 Å². The number of rotatable bonds is 2. The van der Waals surface area contributed by atoms with Crippen LogP contribution in [0.4, 0.5) is 0 Å².